The zero-order valence-electron chi connectivity index (χ0n) is 17.6. The van der Waals surface area contributed by atoms with Crippen LogP contribution in [0.1, 0.15) is 6.92 Å². The fourth-order valence-corrected chi connectivity index (χ4v) is 3.44. The molecule has 160 valence electrons. The molecule has 0 N–H and O–H groups in total. The van der Waals surface area contributed by atoms with E-state index in [-0.39, 0.29) is 5.82 Å². The third kappa shape index (κ3) is 4.06. The molecule has 7 nitrogen and oxygen atoms in total. The van der Waals surface area contributed by atoms with Crippen LogP contribution in [0.25, 0.3) is 33.4 Å². The lowest BCUT2D eigenvalue weighted by atomic mass is 9.98. The van der Waals surface area contributed by atoms with Crippen LogP contribution in [0.5, 0.6) is 11.5 Å². The van der Waals surface area contributed by atoms with Crippen molar-refractivity contribution in [3.8, 4) is 33.8 Å². The second kappa shape index (κ2) is 9.09. The fraction of sp³-hybridized carbons (Fsp3) is 0.261. The average molecular weight is 422 g/mol. The van der Waals surface area contributed by atoms with E-state index in [2.05, 4.69) is 15.2 Å². The van der Waals surface area contributed by atoms with Crippen molar-refractivity contribution < 1.29 is 18.6 Å². The first-order valence-corrected chi connectivity index (χ1v) is 9.92. The maximum Gasteiger partial charge on any atom is 0.183 e. The predicted octanol–water partition coefficient (Wildman–Crippen LogP) is 4.35. The molecule has 0 atom stereocenters. The number of hydrogen-bond donors (Lipinski definition) is 0. The van der Waals surface area contributed by atoms with Crippen molar-refractivity contribution in [1.29, 1.82) is 0 Å². The number of halogens is 1. The van der Waals surface area contributed by atoms with Crippen LogP contribution in [-0.2, 0) is 11.3 Å². The van der Waals surface area contributed by atoms with Crippen LogP contribution < -0.4 is 9.47 Å². The molecule has 0 unspecified atom stereocenters. The molecule has 4 aromatic rings. The van der Waals surface area contributed by atoms with Crippen molar-refractivity contribution in [2.45, 2.75) is 13.5 Å². The summed E-state index contributed by atoms with van der Waals surface area (Å²) >= 11 is 0. The van der Waals surface area contributed by atoms with Gasteiger partial charge in [-0.25, -0.2) is 9.37 Å². The number of fused-ring (bicyclic) bond motifs is 1. The van der Waals surface area contributed by atoms with Crippen LogP contribution in [0.15, 0.2) is 48.9 Å². The van der Waals surface area contributed by atoms with Crippen molar-refractivity contribution in [3.05, 3.63) is 54.7 Å². The van der Waals surface area contributed by atoms with Crippen LogP contribution in [-0.4, -0.2) is 47.2 Å². The molecule has 0 radical (unpaired) electrons. The molecule has 0 aliphatic heterocycles. The van der Waals surface area contributed by atoms with E-state index in [0.29, 0.717) is 41.5 Å². The molecule has 0 amide bonds. The highest BCUT2D eigenvalue weighted by Crippen LogP contribution is 2.37. The van der Waals surface area contributed by atoms with Gasteiger partial charge in [-0.05, 0) is 36.8 Å². The molecule has 8 heteroatoms. The zero-order valence-corrected chi connectivity index (χ0v) is 17.6. The molecule has 0 spiro atoms. The average Bonchev–Trinajstić information content (AvgIpc) is 3.23. The first-order chi connectivity index (χ1) is 15.2. The van der Waals surface area contributed by atoms with E-state index in [1.54, 1.807) is 57.1 Å². The van der Waals surface area contributed by atoms with E-state index < -0.39 is 0 Å². The standard InChI is InChI=1S/C23H23FN4O3/c1-4-28-14-25-22-19(13-26-27-23(22)28)15-5-8-20(24)18(11-15)17-7-6-16(12-21(17)30-3)31-10-9-29-2/h5-8,11-14H,4,9-10H2,1-3H3. The molecular weight excluding hydrogens is 399 g/mol. The third-order valence-corrected chi connectivity index (χ3v) is 5.04. The first kappa shape index (κ1) is 20.7. The Hall–Kier alpha value is -3.52. The van der Waals surface area contributed by atoms with E-state index >= 15 is 0 Å². The van der Waals surface area contributed by atoms with E-state index in [4.69, 9.17) is 14.2 Å². The summed E-state index contributed by atoms with van der Waals surface area (Å²) in [5, 5.41) is 8.32. The number of methoxy groups -OCH3 is 2. The highest BCUT2D eigenvalue weighted by atomic mass is 19.1. The highest BCUT2D eigenvalue weighted by molar-refractivity contribution is 5.90. The van der Waals surface area contributed by atoms with Gasteiger partial charge in [0.05, 0.1) is 26.2 Å². The Balaban J connectivity index is 1.76. The highest BCUT2D eigenvalue weighted by Gasteiger charge is 2.16. The van der Waals surface area contributed by atoms with Gasteiger partial charge in [-0.3, -0.25) is 0 Å². The van der Waals surface area contributed by atoms with Gasteiger partial charge in [-0.1, -0.05) is 6.07 Å². The Labute approximate surface area is 179 Å². The van der Waals surface area contributed by atoms with Crippen LogP contribution in [0.4, 0.5) is 4.39 Å². The molecule has 2 aromatic carbocycles. The Morgan fingerprint density at radius 3 is 2.65 bits per heavy atom. The summed E-state index contributed by atoms with van der Waals surface area (Å²) in [6, 6.07) is 10.3. The van der Waals surface area contributed by atoms with Gasteiger partial charge in [-0.15, -0.1) is 5.10 Å². The van der Waals surface area contributed by atoms with E-state index in [0.717, 1.165) is 23.2 Å². The van der Waals surface area contributed by atoms with Crippen molar-refractivity contribution in [2.24, 2.45) is 0 Å². The smallest absolute Gasteiger partial charge is 0.183 e. The lowest BCUT2D eigenvalue weighted by Gasteiger charge is -2.14. The van der Waals surface area contributed by atoms with E-state index in [1.165, 1.54) is 6.07 Å². The van der Waals surface area contributed by atoms with E-state index in [9.17, 15) is 4.39 Å². The summed E-state index contributed by atoms with van der Waals surface area (Å²) in [5.41, 5.74) is 4.04. The number of aryl methyl sites for hydroxylation is 1. The van der Waals surface area contributed by atoms with Crippen molar-refractivity contribution >= 4 is 11.2 Å². The predicted molar refractivity (Wildman–Crippen MR) is 116 cm³/mol. The lowest BCUT2D eigenvalue weighted by Crippen LogP contribution is -2.04. The van der Waals surface area contributed by atoms with Crippen LogP contribution in [0.2, 0.25) is 0 Å². The Kier molecular flexibility index (Phi) is 6.08. The first-order valence-electron chi connectivity index (χ1n) is 9.92. The fourth-order valence-electron chi connectivity index (χ4n) is 3.44. The minimum absolute atomic E-state index is 0.354. The van der Waals surface area contributed by atoms with Crippen LogP contribution in [0, 0.1) is 5.82 Å². The second-order valence-corrected chi connectivity index (χ2v) is 6.86. The molecule has 4 rings (SSSR count). The number of imidazole rings is 1. The summed E-state index contributed by atoms with van der Waals surface area (Å²) in [4.78, 5) is 4.49. The summed E-state index contributed by atoms with van der Waals surface area (Å²) in [7, 11) is 3.16. The molecule has 0 bridgehead atoms. The van der Waals surface area contributed by atoms with Gasteiger partial charge in [0, 0.05) is 36.4 Å². The molecule has 0 saturated heterocycles. The van der Waals surface area contributed by atoms with Crippen molar-refractivity contribution in [2.75, 3.05) is 27.4 Å². The monoisotopic (exact) mass is 422 g/mol. The van der Waals surface area contributed by atoms with Crippen LogP contribution >= 0.6 is 0 Å². The van der Waals surface area contributed by atoms with Crippen molar-refractivity contribution in [1.82, 2.24) is 19.7 Å². The number of benzene rings is 2. The number of rotatable bonds is 8. The van der Waals surface area contributed by atoms with Gasteiger partial charge in [0.25, 0.3) is 0 Å². The van der Waals surface area contributed by atoms with Gasteiger partial charge < -0.3 is 18.8 Å². The molecule has 0 aliphatic rings. The maximum atomic E-state index is 14.9. The molecular formula is C23H23FN4O3. The number of nitrogens with zero attached hydrogens (tertiary/aromatic N) is 4. The van der Waals surface area contributed by atoms with E-state index in [1.807, 2.05) is 11.5 Å². The molecule has 2 heterocycles. The zero-order chi connectivity index (χ0) is 21.8. The topological polar surface area (TPSA) is 71.3 Å². The van der Waals surface area contributed by atoms with Crippen molar-refractivity contribution in [3.63, 3.8) is 0 Å². The largest absolute Gasteiger partial charge is 0.496 e. The molecule has 0 saturated carbocycles. The second-order valence-electron chi connectivity index (χ2n) is 6.86. The van der Waals surface area contributed by atoms with Gasteiger partial charge in [0.15, 0.2) is 5.65 Å². The third-order valence-electron chi connectivity index (χ3n) is 5.04. The van der Waals surface area contributed by atoms with Crippen LogP contribution in [0.3, 0.4) is 0 Å². The SMILES string of the molecule is CCn1cnc2c(-c3ccc(F)c(-c4ccc(OCCOC)cc4OC)c3)cnnc21. The maximum absolute atomic E-state index is 14.9. The molecule has 0 aliphatic carbocycles. The minimum Gasteiger partial charge on any atom is -0.496 e. The molecule has 0 fully saturated rings. The summed E-state index contributed by atoms with van der Waals surface area (Å²) in [5.74, 6) is 0.783. The molecule has 31 heavy (non-hydrogen) atoms. The normalized spacial score (nSPS) is 11.1. The minimum atomic E-state index is -0.354. The summed E-state index contributed by atoms with van der Waals surface area (Å²) < 4.78 is 32.9. The number of hydrogen-bond acceptors (Lipinski definition) is 6. The van der Waals surface area contributed by atoms with Gasteiger partial charge in [-0.2, -0.15) is 5.10 Å². The summed E-state index contributed by atoms with van der Waals surface area (Å²) in [6.07, 6.45) is 3.38. The van der Waals surface area contributed by atoms with Gasteiger partial charge in [0.2, 0.25) is 0 Å². The Morgan fingerprint density at radius 2 is 1.87 bits per heavy atom. The summed E-state index contributed by atoms with van der Waals surface area (Å²) in [6.45, 7) is 3.64. The lowest BCUT2D eigenvalue weighted by molar-refractivity contribution is 0.146. The Morgan fingerprint density at radius 1 is 1.00 bits per heavy atom. The quantitative estimate of drug-likeness (QED) is 0.393. The number of ether oxygens (including phenoxy) is 3. The van der Waals surface area contributed by atoms with Gasteiger partial charge in [0.1, 0.15) is 29.4 Å². The van der Waals surface area contributed by atoms with Gasteiger partial charge >= 0.3 is 0 Å². The Bertz CT molecular complexity index is 1210. The molecule has 2 aromatic heterocycles. The number of aromatic nitrogens is 4.